The molecule has 0 bridgehead atoms. The molecule has 0 aliphatic heterocycles. The highest BCUT2D eigenvalue weighted by molar-refractivity contribution is 7.65. The lowest BCUT2D eigenvalue weighted by Crippen LogP contribution is -2.14. The molecule has 22 heavy (non-hydrogen) atoms. The molecule has 2 rings (SSSR count). The molecule has 0 aromatic heterocycles. The van der Waals surface area contributed by atoms with Gasteiger partial charge in [0.1, 0.15) is 0 Å². The van der Waals surface area contributed by atoms with Crippen LogP contribution in [0, 0.1) is 13.8 Å². The normalized spacial score (nSPS) is 10.6. The van der Waals surface area contributed by atoms with Crippen LogP contribution in [-0.4, -0.2) is 26.7 Å². The Morgan fingerprint density at radius 2 is 0.909 bits per heavy atom. The van der Waals surface area contributed by atoms with Gasteiger partial charge in [-0.15, -0.1) is 0 Å². The zero-order chi connectivity index (χ0) is 16.9. The Kier molecular flexibility index (Phi) is 7.75. The molecule has 0 nitrogen and oxygen atoms in total. The summed E-state index contributed by atoms with van der Waals surface area (Å²) in [5.74, 6) is 0. The average Bonchev–Trinajstić information content (AvgIpc) is 2.49. The number of hydrogen-bond donors (Lipinski definition) is 0. The number of aryl methyl sites for hydroxylation is 2. The fourth-order valence-electron chi connectivity index (χ4n) is 2.70. The van der Waals surface area contributed by atoms with E-state index in [1.54, 1.807) is 0 Å². The molecule has 0 unspecified atom stereocenters. The van der Waals surface area contributed by atoms with Crippen LogP contribution in [0.1, 0.15) is 25.0 Å². The first-order chi connectivity index (χ1) is 10.4. The van der Waals surface area contributed by atoms with Gasteiger partial charge in [0.05, 0.1) is 0 Å². The molecule has 0 amide bonds. The molecule has 0 radical (unpaired) electrons. The highest BCUT2D eigenvalue weighted by atomic mass is 31.1. The minimum atomic E-state index is -0.0930. The Morgan fingerprint density at radius 1 is 0.591 bits per heavy atom. The molecule has 0 heterocycles. The summed E-state index contributed by atoms with van der Waals surface area (Å²) in [6.07, 6.45) is 0. The molecule has 2 aromatic carbocycles. The second kappa shape index (κ2) is 8.81. The monoisotopic (exact) mass is 332 g/mol. The summed E-state index contributed by atoms with van der Waals surface area (Å²) in [5.41, 5.74) is 5.80. The molecule has 0 spiro atoms. The lowest BCUT2D eigenvalue weighted by Gasteiger charge is -2.22. The highest BCUT2D eigenvalue weighted by Gasteiger charge is 2.17. The molecule has 0 N–H and O–H groups in total. The first-order valence-electron chi connectivity index (χ1n) is 7.97. The van der Waals surface area contributed by atoms with Gasteiger partial charge in [0.25, 0.3) is 0 Å². The minimum Gasteiger partial charge on any atom is -0.0810 e. The maximum atomic E-state index is 2.35. The topological polar surface area (TPSA) is 0 Å². The summed E-state index contributed by atoms with van der Waals surface area (Å²) in [5, 5.41) is 3.07. The SMILES string of the molecule is CC.Cc1cccc(P(C)C)c1-c1c(C)cccc1P(C)C. The first-order valence-corrected chi connectivity index (χ1v) is 12.4. The third-order valence-corrected chi connectivity index (χ3v) is 6.39. The molecule has 2 aromatic rings. The van der Waals surface area contributed by atoms with Gasteiger partial charge in [-0.1, -0.05) is 66.1 Å². The van der Waals surface area contributed by atoms with Crippen LogP contribution in [0.2, 0.25) is 0 Å². The van der Waals surface area contributed by atoms with Crippen molar-refractivity contribution in [1.29, 1.82) is 0 Å². The third-order valence-electron chi connectivity index (χ3n) is 3.72. The lowest BCUT2D eigenvalue weighted by atomic mass is 9.96. The smallest absolute Gasteiger partial charge is 0.00688 e. The molecule has 0 aliphatic carbocycles. The van der Waals surface area contributed by atoms with Crippen molar-refractivity contribution in [2.45, 2.75) is 27.7 Å². The van der Waals surface area contributed by atoms with Crippen molar-refractivity contribution in [2.75, 3.05) is 26.7 Å². The molecule has 0 fully saturated rings. The van der Waals surface area contributed by atoms with Crippen LogP contribution in [0.5, 0.6) is 0 Å². The van der Waals surface area contributed by atoms with Crippen LogP contribution in [0.15, 0.2) is 36.4 Å². The molecular weight excluding hydrogens is 302 g/mol. The zero-order valence-electron chi connectivity index (χ0n) is 15.4. The molecule has 0 atom stereocenters. The maximum absolute atomic E-state index is 2.35. The van der Waals surface area contributed by atoms with Gasteiger partial charge >= 0.3 is 0 Å². The third kappa shape index (κ3) is 4.18. The van der Waals surface area contributed by atoms with E-state index in [1.807, 2.05) is 13.8 Å². The summed E-state index contributed by atoms with van der Waals surface area (Å²) in [6.45, 7) is 17.9. The molecule has 2 heteroatoms. The van der Waals surface area contributed by atoms with Crippen molar-refractivity contribution in [3.63, 3.8) is 0 Å². The van der Waals surface area contributed by atoms with Gasteiger partial charge in [-0.2, -0.15) is 0 Å². The first kappa shape index (κ1) is 19.3. The van der Waals surface area contributed by atoms with Gasteiger partial charge in [0.15, 0.2) is 0 Å². The van der Waals surface area contributed by atoms with Crippen molar-refractivity contribution in [2.24, 2.45) is 0 Å². The van der Waals surface area contributed by atoms with E-state index < -0.39 is 0 Å². The van der Waals surface area contributed by atoms with Crippen LogP contribution in [0.3, 0.4) is 0 Å². The van der Waals surface area contributed by atoms with Crippen LogP contribution in [-0.2, 0) is 0 Å². The summed E-state index contributed by atoms with van der Waals surface area (Å²) >= 11 is 0. The van der Waals surface area contributed by atoms with Gasteiger partial charge in [-0.3, -0.25) is 0 Å². The van der Waals surface area contributed by atoms with Crippen LogP contribution in [0.4, 0.5) is 0 Å². The van der Waals surface area contributed by atoms with Crippen molar-refractivity contribution >= 4 is 26.5 Å². The van der Waals surface area contributed by atoms with E-state index in [-0.39, 0.29) is 15.8 Å². The fraction of sp³-hybridized carbons (Fsp3) is 0.400. The summed E-state index contributed by atoms with van der Waals surface area (Å²) in [7, 11) is -0.186. The van der Waals surface area contributed by atoms with E-state index in [1.165, 1.54) is 32.9 Å². The van der Waals surface area contributed by atoms with Crippen molar-refractivity contribution < 1.29 is 0 Å². The van der Waals surface area contributed by atoms with Crippen LogP contribution in [0.25, 0.3) is 11.1 Å². The Bertz CT molecular complexity index is 558. The predicted octanol–water partition coefficient (Wildman–Crippen LogP) is 5.73. The molecule has 120 valence electrons. The predicted molar refractivity (Wildman–Crippen MR) is 110 cm³/mol. The van der Waals surface area contributed by atoms with E-state index in [2.05, 4.69) is 76.9 Å². The van der Waals surface area contributed by atoms with Gasteiger partial charge < -0.3 is 0 Å². The lowest BCUT2D eigenvalue weighted by molar-refractivity contribution is 1.43. The fourth-order valence-corrected chi connectivity index (χ4v) is 4.94. The van der Waals surface area contributed by atoms with E-state index in [0.717, 1.165) is 0 Å². The Labute approximate surface area is 139 Å². The summed E-state index contributed by atoms with van der Waals surface area (Å²) < 4.78 is 0. The van der Waals surface area contributed by atoms with Gasteiger partial charge in [0.2, 0.25) is 0 Å². The zero-order valence-corrected chi connectivity index (χ0v) is 17.1. The second-order valence-electron chi connectivity index (χ2n) is 5.73. The van der Waals surface area contributed by atoms with E-state index in [9.17, 15) is 0 Å². The minimum absolute atomic E-state index is 0.0930. The largest absolute Gasteiger partial charge is 0.0810 e. The van der Waals surface area contributed by atoms with E-state index in [4.69, 9.17) is 0 Å². The number of rotatable bonds is 3. The van der Waals surface area contributed by atoms with Gasteiger partial charge in [0, 0.05) is 0 Å². The molecular formula is C20H30P2. The van der Waals surface area contributed by atoms with E-state index >= 15 is 0 Å². The highest BCUT2D eigenvalue weighted by Crippen LogP contribution is 2.37. The Hall–Kier alpha value is -0.700. The standard InChI is InChI=1S/C18H24P2.C2H6/c1-13-9-7-11-15(19(3)4)17(13)18-14(2)10-8-12-16(18)20(5)6;1-2/h7-12H,1-6H3;1-2H3. The second-order valence-corrected chi connectivity index (χ2v) is 10.3. The Balaban J connectivity index is 0.00000116. The van der Waals surface area contributed by atoms with Crippen molar-refractivity contribution in [1.82, 2.24) is 0 Å². The average molecular weight is 332 g/mol. The van der Waals surface area contributed by atoms with Crippen molar-refractivity contribution in [3.8, 4) is 11.1 Å². The van der Waals surface area contributed by atoms with Crippen molar-refractivity contribution in [3.05, 3.63) is 47.5 Å². The van der Waals surface area contributed by atoms with Gasteiger partial charge in [-0.05, 0) is 73.4 Å². The summed E-state index contributed by atoms with van der Waals surface area (Å²) in [4.78, 5) is 0. The van der Waals surface area contributed by atoms with Crippen LogP contribution >= 0.6 is 15.8 Å². The summed E-state index contributed by atoms with van der Waals surface area (Å²) in [6, 6.07) is 13.5. The maximum Gasteiger partial charge on any atom is -0.00688 e. The number of hydrogen-bond acceptors (Lipinski definition) is 0. The number of benzene rings is 2. The molecule has 0 aliphatic rings. The van der Waals surface area contributed by atoms with E-state index in [0.29, 0.717) is 0 Å². The Morgan fingerprint density at radius 3 is 1.18 bits per heavy atom. The molecule has 0 saturated heterocycles. The quantitative estimate of drug-likeness (QED) is 0.630. The molecule has 0 saturated carbocycles. The van der Waals surface area contributed by atoms with Gasteiger partial charge in [-0.25, -0.2) is 0 Å². The van der Waals surface area contributed by atoms with Crippen LogP contribution < -0.4 is 10.6 Å².